The summed E-state index contributed by atoms with van der Waals surface area (Å²) in [4.78, 5) is 13.9. The number of carbonyl (C=O) groups is 1. The lowest BCUT2D eigenvalue weighted by atomic mass is 9.80. The summed E-state index contributed by atoms with van der Waals surface area (Å²) in [6, 6.07) is 44.3. The molecule has 7 aromatic rings. The number of aromatic nitrogens is 2. The highest BCUT2D eigenvalue weighted by Gasteiger charge is 2.37. The Morgan fingerprint density at radius 2 is 1.25 bits per heavy atom. The van der Waals surface area contributed by atoms with Crippen LogP contribution in [0, 0.1) is 0 Å². The number of Topliss-reactive ketones (excluding diaryl/α,β-unsaturated/α-hetero) is 1. The predicted octanol–water partition coefficient (Wildman–Crippen LogP) is 9.59. The molecule has 0 aliphatic heterocycles. The Hall–Kier alpha value is -6.01. The van der Waals surface area contributed by atoms with Crippen LogP contribution in [0.15, 0.2) is 133 Å². The van der Waals surface area contributed by atoms with Crippen LogP contribution in [0.2, 0.25) is 0 Å². The molecular formula is C42H34N2O4. The summed E-state index contributed by atoms with van der Waals surface area (Å²) in [5.41, 5.74) is 9.33. The van der Waals surface area contributed by atoms with Crippen molar-refractivity contribution in [1.82, 2.24) is 9.13 Å². The van der Waals surface area contributed by atoms with Gasteiger partial charge in [-0.3, -0.25) is 4.79 Å². The van der Waals surface area contributed by atoms with E-state index in [2.05, 4.69) is 39.5 Å². The topological polar surface area (TPSA) is 65.6 Å². The second-order valence-electron chi connectivity index (χ2n) is 12.1. The first-order chi connectivity index (χ1) is 23.6. The van der Waals surface area contributed by atoms with Gasteiger partial charge in [-0.2, -0.15) is 0 Å². The van der Waals surface area contributed by atoms with Crippen molar-refractivity contribution < 1.29 is 19.4 Å². The zero-order valence-electron chi connectivity index (χ0n) is 26.8. The SMILES string of the molecule is COc1ccc(-n2c(-c3ccccc3)cc3c2[C@H](c2c(-c4ccccc4)n(-c4ccc(OC)cc4)c4cccc(O)c24)CCC3=O)cc1. The van der Waals surface area contributed by atoms with Gasteiger partial charge in [-0.15, -0.1) is 0 Å². The number of hydrogen-bond acceptors (Lipinski definition) is 4. The fourth-order valence-corrected chi connectivity index (χ4v) is 7.32. The molecule has 0 radical (unpaired) electrons. The van der Waals surface area contributed by atoms with Gasteiger partial charge in [0, 0.05) is 40.4 Å². The van der Waals surface area contributed by atoms with Crippen molar-refractivity contribution in [2.75, 3.05) is 14.2 Å². The standard InChI is InChI=1S/C42H34N2O4/c1-47-31-20-16-29(17-21-31)43-35-14-9-15-38(46)40(35)39(41(43)28-12-7-4-8-13-28)33-24-25-37(45)34-26-36(27-10-5-3-6-11-27)44(42(33)34)30-18-22-32(48-2)23-19-30/h3-23,26,33,46H,24-25H2,1-2H3/t33-/m0/s1. The van der Waals surface area contributed by atoms with Crippen molar-refractivity contribution in [2.24, 2.45) is 0 Å². The number of aromatic hydroxyl groups is 1. The maximum absolute atomic E-state index is 13.9. The van der Waals surface area contributed by atoms with E-state index in [1.54, 1.807) is 20.3 Å². The minimum Gasteiger partial charge on any atom is -0.507 e. The van der Waals surface area contributed by atoms with Crippen LogP contribution < -0.4 is 9.47 Å². The monoisotopic (exact) mass is 630 g/mol. The Bertz CT molecular complexity index is 2270. The maximum Gasteiger partial charge on any atom is 0.164 e. The number of methoxy groups -OCH3 is 2. The molecule has 1 atom stereocenters. The van der Waals surface area contributed by atoms with E-state index in [1.807, 2.05) is 97.1 Å². The third-order valence-electron chi connectivity index (χ3n) is 9.47. The molecule has 236 valence electrons. The molecular weight excluding hydrogens is 596 g/mol. The van der Waals surface area contributed by atoms with Gasteiger partial charge in [0.25, 0.3) is 0 Å². The minimum atomic E-state index is -0.220. The maximum atomic E-state index is 13.9. The Balaban J connectivity index is 1.49. The number of benzene rings is 5. The zero-order chi connectivity index (χ0) is 32.8. The van der Waals surface area contributed by atoms with Gasteiger partial charge >= 0.3 is 0 Å². The van der Waals surface area contributed by atoms with Crippen molar-refractivity contribution in [3.63, 3.8) is 0 Å². The molecule has 5 aromatic carbocycles. The van der Waals surface area contributed by atoms with Crippen molar-refractivity contribution >= 4 is 16.7 Å². The smallest absolute Gasteiger partial charge is 0.164 e. The van der Waals surface area contributed by atoms with E-state index in [-0.39, 0.29) is 17.5 Å². The second kappa shape index (κ2) is 12.0. The van der Waals surface area contributed by atoms with Gasteiger partial charge in [0.05, 0.1) is 31.1 Å². The Labute approximate surface area is 279 Å². The Kier molecular flexibility index (Phi) is 7.33. The van der Waals surface area contributed by atoms with Crippen LogP contribution >= 0.6 is 0 Å². The molecule has 0 saturated carbocycles. The molecule has 6 nitrogen and oxygen atoms in total. The van der Waals surface area contributed by atoms with Gasteiger partial charge in [-0.25, -0.2) is 0 Å². The van der Waals surface area contributed by atoms with Crippen molar-refractivity contribution in [1.29, 1.82) is 0 Å². The first-order valence-corrected chi connectivity index (χ1v) is 16.1. The van der Waals surface area contributed by atoms with Crippen LogP contribution in [0.25, 0.3) is 44.8 Å². The first kappa shape index (κ1) is 29.4. The lowest BCUT2D eigenvalue weighted by molar-refractivity contribution is 0.0969. The van der Waals surface area contributed by atoms with Crippen LogP contribution in [-0.4, -0.2) is 34.2 Å². The summed E-state index contributed by atoms with van der Waals surface area (Å²) >= 11 is 0. The number of fused-ring (bicyclic) bond motifs is 2. The van der Waals surface area contributed by atoms with Gasteiger partial charge in [0.15, 0.2) is 5.78 Å². The molecule has 1 N–H and O–H groups in total. The zero-order valence-corrected chi connectivity index (χ0v) is 26.8. The normalized spacial score (nSPS) is 14.2. The van der Waals surface area contributed by atoms with Gasteiger partial charge in [-0.1, -0.05) is 66.7 Å². The van der Waals surface area contributed by atoms with E-state index in [1.165, 1.54) is 0 Å². The number of phenols is 1. The Morgan fingerprint density at radius 1 is 0.667 bits per heavy atom. The number of hydrogen-bond donors (Lipinski definition) is 1. The molecule has 8 rings (SSSR count). The molecule has 2 aromatic heterocycles. The summed E-state index contributed by atoms with van der Waals surface area (Å²) in [7, 11) is 3.32. The van der Waals surface area contributed by atoms with Gasteiger partial charge < -0.3 is 23.7 Å². The highest BCUT2D eigenvalue weighted by atomic mass is 16.5. The summed E-state index contributed by atoms with van der Waals surface area (Å²) in [6.07, 6.45) is 0.992. The van der Waals surface area contributed by atoms with E-state index in [9.17, 15) is 9.90 Å². The van der Waals surface area contributed by atoms with E-state index < -0.39 is 0 Å². The summed E-state index contributed by atoms with van der Waals surface area (Å²) in [6.45, 7) is 0. The number of phenolic OH excluding ortho intramolecular Hbond substituents is 1. The van der Waals surface area contributed by atoms with Crippen LogP contribution in [0.1, 0.15) is 40.4 Å². The average Bonchev–Trinajstić information content (AvgIpc) is 3.72. The lowest BCUT2D eigenvalue weighted by Crippen LogP contribution is -2.19. The highest BCUT2D eigenvalue weighted by Crippen LogP contribution is 2.51. The molecule has 0 spiro atoms. The van der Waals surface area contributed by atoms with Crippen LogP contribution in [0.5, 0.6) is 17.2 Å². The van der Waals surface area contributed by atoms with E-state index in [0.717, 1.165) is 67.5 Å². The Morgan fingerprint density at radius 3 is 1.85 bits per heavy atom. The number of ketones is 1. The summed E-state index contributed by atoms with van der Waals surface area (Å²) in [5, 5.41) is 12.5. The number of ether oxygens (including phenoxy) is 2. The molecule has 1 aliphatic rings. The fourth-order valence-electron chi connectivity index (χ4n) is 7.32. The molecule has 2 heterocycles. The van der Waals surface area contributed by atoms with Crippen LogP contribution in [0.4, 0.5) is 0 Å². The average molecular weight is 631 g/mol. The van der Waals surface area contributed by atoms with Gasteiger partial charge in [0.1, 0.15) is 17.2 Å². The number of rotatable bonds is 7. The molecule has 0 bridgehead atoms. The van der Waals surface area contributed by atoms with Gasteiger partial charge in [-0.05, 0) is 89.8 Å². The molecule has 0 saturated heterocycles. The van der Waals surface area contributed by atoms with Crippen LogP contribution in [-0.2, 0) is 0 Å². The lowest BCUT2D eigenvalue weighted by Gasteiger charge is -2.27. The first-order valence-electron chi connectivity index (χ1n) is 16.1. The molecule has 0 amide bonds. The largest absolute Gasteiger partial charge is 0.507 e. The molecule has 6 heteroatoms. The fraction of sp³-hybridized carbons (Fsp3) is 0.119. The molecule has 48 heavy (non-hydrogen) atoms. The molecule has 0 fully saturated rings. The number of carbonyl (C=O) groups excluding carboxylic acids is 1. The van der Waals surface area contributed by atoms with E-state index >= 15 is 0 Å². The predicted molar refractivity (Wildman–Crippen MR) is 190 cm³/mol. The van der Waals surface area contributed by atoms with E-state index in [0.29, 0.717) is 18.4 Å². The summed E-state index contributed by atoms with van der Waals surface area (Å²) in [5.74, 6) is 1.63. The van der Waals surface area contributed by atoms with Crippen molar-refractivity contribution in [2.45, 2.75) is 18.8 Å². The molecule has 0 unspecified atom stereocenters. The third-order valence-corrected chi connectivity index (χ3v) is 9.47. The van der Waals surface area contributed by atoms with E-state index in [4.69, 9.17) is 9.47 Å². The molecule has 1 aliphatic carbocycles. The summed E-state index contributed by atoms with van der Waals surface area (Å²) < 4.78 is 15.5. The second-order valence-corrected chi connectivity index (χ2v) is 12.1. The number of nitrogens with zero attached hydrogens (tertiary/aromatic N) is 2. The van der Waals surface area contributed by atoms with Crippen LogP contribution in [0.3, 0.4) is 0 Å². The highest BCUT2D eigenvalue weighted by molar-refractivity contribution is 6.03. The quantitative estimate of drug-likeness (QED) is 0.191. The van der Waals surface area contributed by atoms with Crippen molar-refractivity contribution in [3.05, 3.63) is 150 Å². The van der Waals surface area contributed by atoms with Gasteiger partial charge in [0.2, 0.25) is 0 Å². The third kappa shape index (κ3) is 4.76. The van der Waals surface area contributed by atoms with Crippen molar-refractivity contribution in [3.8, 4) is 51.1 Å². The minimum absolute atomic E-state index is 0.120.